The largest absolute Gasteiger partial charge is 0.465 e. The van der Waals surface area contributed by atoms with Crippen molar-refractivity contribution in [2.75, 3.05) is 24.7 Å². The van der Waals surface area contributed by atoms with Crippen molar-refractivity contribution < 1.29 is 23.5 Å². The normalized spacial score (nSPS) is 12.8. The van der Waals surface area contributed by atoms with Crippen molar-refractivity contribution in [2.45, 2.75) is 26.2 Å². The predicted molar refractivity (Wildman–Crippen MR) is 95.1 cm³/mol. The highest BCUT2D eigenvalue weighted by atomic mass is 19.1. The van der Waals surface area contributed by atoms with Gasteiger partial charge in [-0.1, -0.05) is 0 Å². The SMILES string of the molecule is CCOC(=O)C(C(=O)OCC)c1cc(F)cc2c1N(c1ncccn1)CC2. The summed E-state index contributed by atoms with van der Waals surface area (Å²) in [6.45, 7) is 3.98. The number of halogens is 1. The van der Waals surface area contributed by atoms with E-state index >= 15 is 0 Å². The molecular formula is C19H20FN3O4. The number of benzene rings is 1. The van der Waals surface area contributed by atoms with E-state index in [9.17, 15) is 14.0 Å². The summed E-state index contributed by atoms with van der Waals surface area (Å²) in [5.41, 5.74) is 1.43. The fraction of sp³-hybridized carbons (Fsp3) is 0.368. The predicted octanol–water partition coefficient (Wildman–Crippen LogP) is 2.52. The van der Waals surface area contributed by atoms with Crippen molar-refractivity contribution in [1.29, 1.82) is 0 Å². The molecule has 1 aliphatic rings. The van der Waals surface area contributed by atoms with Crippen LogP contribution >= 0.6 is 0 Å². The van der Waals surface area contributed by atoms with Crippen LogP contribution in [0.4, 0.5) is 16.0 Å². The summed E-state index contributed by atoms with van der Waals surface area (Å²) < 4.78 is 24.4. The fourth-order valence-electron chi connectivity index (χ4n) is 3.19. The number of fused-ring (bicyclic) bond motifs is 1. The quantitative estimate of drug-likeness (QED) is 0.568. The van der Waals surface area contributed by atoms with E-state index in [1.54, 1.807) is 37.2 Å². The Labute approximate surface area is 156 Å². The number of ether oxygens (including phenoxy) is 2. The maximum Gasteiger partial charge on any atom is 0.324 e. The van der Waals surface area contributed by atoms with Gasteiger partial charge in [0.1, 0.15) is 5.82 Å². The lowest BCUT2D eigenvalue weighted by Gasteiger charge is -2.23. The third-order valence-electron chi connectivity index (χ3n) is 4.21. The molecule has 7 nitrogen and oxygen atoms in total. The van der Waals surface area contributed by atoms with Gasteiger partial charge in [-0.15, -0.1) is 0 Å². The van der Waals surface area contributed by atoms with Crippen molar-refractivity contribution >= 4 is 23.6 Å². The van der Waals surface area contributed by atoms with Crippen LogP contribution in [0.2, 0.25) is 0 Å². The molecule has 1 aromatic heterocycles. The molecule has 0 bridgehead atoms. The van der Waals surface area contributed by atoms with E-state index in [-0.39, 0.29) is 18.8 Å². The molecule has 2 heterocycles. The van der Waals surface area contributed by atoms with Crippen LogP contribution in [0, 0.1) is 5.82 Å². The number of carbonyl (C=O) groups excluding carboxylic acids is 2. The Balaban J connectivity index is 2.13. The minimum Gasteiger partial charge on any atom is -0.465 e. The van der Waals surface area contributed by atoms with Crippen molar-refractivity contribution in [1.82, 2.24) is 9.97 Å². The highest BCUT2D eigenvalue weighted by Gasteiger charge is 2.38. The van der Waals surface area contributed by atoms with Crippen LogP contribution in [-0.2, 0) is 25.5 Å². The first kappa shape index (κ1) is 18.8. The van der Waals surface area contributed by atoms with Gasteiger partial charge >= 0.3 is 11.9 Å². The van der Waals surface area contributed by atoms with Gasteiger partial charge in [-0.3, -0.25) is 9.59 Å². The van der Waals surface area contributed by atoms with Gasteiger partial charge in [-0.05, 0) is 44.0 Å². The number of aromatic nitrogens is 2. The van der Waals surface area contributed by atoms with Crippen molar-refractivity contribution in [2.24, 2.45) is 0 Å². The van der Waals surface area contributed by atoms with E-state index in [4.69, 9.17) is 9.47 Å². The van der Waals surface area contributed by atoms with E-state index in [0.717, 1.165) is 0 Å². The molecule has 0 unspecified atom stereocenters. The first-order valence-electron chi connectivity index (χ1n) is 8.77. The second kappa shape index (κ2) is 8.11. The molecule has 142 valence electrons. The van der Waals surface area contributed by atoms with Crippen LogP contribution in [0.25, 0.3) is 0 Å². The van der Waals surface area contributed by atoms with Gasteiger partial charge in [0.05, 0.1) is 18.9 Å². The molecule has 0 saturated heterocycles. The Bertz CT molecular complexity index is 826. The molecule has 27 heavy (non-hydrogen) atoms. The lowest BCUT2D eigenvalue weighted by Crippen LogP contribution is -2.28. The van der Waals surface area contributed by atoms with Gasteiger partial charge in [-0.2, -0.15) is 0 Å². The van der Waals surface area contributed by atoms with Crippen molar-refractivity contribution in [3.8, 4) is 0 Å². The van der Waals surface area contributed by atoms with Gasteiger partial charge in [-0.25, -0.2) is 14.4 Å². The molecule has 1 aromatic carbocycles. The molecule has 8 heteroatoms. The van der Waals surface area contributed by atoms with Gasteiger partial charge in [0.15, 0.2) is 5.92 Å². The van der Waals surface area contributed by atoms with Crippen LogP contribution < -0.4 is 4.90 Å². The average molecular weight is 373 g/mol. The van der Waals surface area contributed by atoms with Gasteiger partial charge in [0.2, 0.25) is 5.95 Å². The Morgan fingerprint density at radius 2 is 1.78 bits per heavy atom. The molecule has 3 rings (SSSR count). The fourth-order valence-corrected chi connectivity index (χ4v) is 3.19. The zero-order chi connectivity index (χ0) is 19.4. The number of hydrogen-bond donors (Lipinski definition) is 0. The molecule has 1 aliphatic heterocycles. The average Bonchev–Trinajstić information content (AvgIpc) is 3.07. The van der Waals surface area contributed by atoms with Gasteiger partial charge < -0.3 is 14.4 Å². The van der Waals surface area contributed by atoms with E-state index in [0.29, 0.717) is 30.2 Å². The second-order valence-corrected chi connectivity index (χ2v) is 5.89. The van der Waals surface area contributed by atoms with E-state index in [2.05, 4.69) is 9.97 Å². The standard InChI is InChI=1S/C19H20FN3O4/c1-3-26-17(24)15(18(25)27-4-2)14-11-13(20)10-12-6-9-23(16(12)14)19-21-7-5-8-22-19/h5,7-8,10-11,15H,3-4,6,9H2,1-2H3. The number of rotatable bonds is 6. The Hall–Kier alpha value is -3.03. The van der Waals surface area contributed by atoms with Crippen LogP contribution in [0.1, 0.15) is 30.9 Å². The Kier molecular flexibility index (Phi) is 5.63. The molecule has 0 atom stereocenters. The first-order valence-corrected chi connectivity index (χ1v) is 8.77. The minimum atomic E-state index is -1.38. The number of hydrogen-bond acceptors (Lipinski definition) is 7. The summed E-state index contributed by atoms with van der Waals surface area (Å²) in [7, 11) is 0. The summed E-state index contributed by atoms with van der Waals surface area (Å²) in [4.78, 5) is 35.3. The summed E-state index contributed by atoms with van der Waals surface area (Å²) in [5, 5.41) is 0. The molecule has 0 aliphatic carbocycles. The van der Waals surface area contributed by atoms with E-state index < -0.39 is 23.7 Å². The zero-order valence-corrected chi connectivity index (χ0v) is 15.1. The smallest absolute Gasteiger partial charge is 0.324 e. The molecule has 0 N–H and O–H groups in total. The molecule has 0 spiro atoms. The topological polar surface area (TPSA) is 81.6 Å². The summed E-state index contributed by atoms with van der Waals surface area (Å²) >= 11 is 0. The Morgan fingerprint density at radius 3 is 2.37 bits per heavy atom. The summed E-state index contributed by atoms with van der Waals surface area (Å²) in [6, 6.07) is 4.26. The summed E-state index contributed by atoms with van der Waals surface area (Å²) in [5.74, 6) is -3.04. The molecule has 0 radical (unpaired) electrons. The van der Waals surface area contributed by atoms with E-state index in [1.807, 2.05) is 0 Å². The monoisotopic (exact) mass is 373 g/mol. The Morgan fingerprint density at radius 1 is 1.15 bits per heavy atom. The second-order valence-electron chi connectivity index (χ2n) is 5.89. The van der Waals surface area contributed by atoms with Crippen LogP contribution in [0.5, 0.6) is 0 Å². The zero-order valence-electron chi connectivity index (χ0n) is 15.1. The highest BCUT2D eigenvalue weighted by molar-refractivity contribution is 6.02. The number of nitrogens with zero attached hydrogens (tertiary/aromatic N) is 3. The maximum absolute atomic E-state index is 14.3. The van der Waals surface area contributed by atoms with Crippen molar-refractivity contribution in [3.63, 3.8) is 0 Å². The van der Waals surface area contributed by atoms with Crippen LogP contribution in [0.15, 0.2) is 30.6 Å². The van der Waals surface area contributed by atoms with Gasteiger partial charge in [0.25, 0.3) is 0 Å². The molecular weight excluding hydrogens is 353 g/mol. The number of esters is 2. The molecule has 0 saturated carbocycles. The first-order chi connectivity index (χ1) is 13.1. The van der Waals surface area contributed by atoms with Crippen LogP contribution in [0.3, 0.4) is 0 Å². The van der Waals surface area contributed by atoms with Gasteiger partial charge in [0, 0.05) is 24.5 Å². The van der Waals surface area contributed by atoms with Crippen molar-refractivity contribution in [3.05, 3.63) is 47.5 Å². The van der Waals surface area contributed by atoms with Crippen LogP contribution in [-0.4, -0.2) is 41.7 Å². The number of anilines is 2. The summed E-state index contributed by atoms with van der Waals surface area (Å²) in [6.07, 6.45) is 3.73. The molecule has 2 aromatic rings. The van der Waals surface area contributed by atoms with E-state index in [1.165, 1.54) is 12.1 Å². The molecule has 0 fully saturated rings. The highest BCUT2D eigenvalue weighted by Crippen LogP contribution is 2.40. The third-order valence-corrected chi connectivity index (χ3v) is 4.21. The third kappa shape index (κ3) is 3.74. The number of carbonyl (C=O) groups is 2. The molecule has 0 amide bonds. The minimum absolute atomic E-state index is 0.0950. The lowest BCUT2D eigenvalue weighted by atomic mass is 9.94. The maximum atomic E-state index is 14.3. The lowest BCUT2D eigenvalue weighted by molar-refractivity contribution is -0.156.